The SMILES string of the molecule is COc1cc(C(C)(C)CO)cc(Br)c1OC. The van der Waals surface area contributed by atoms with E-state index in [9.17, 15) is 5.11 Å². The predicted octanol–water partition coefficient (Wildman–Crippen LogP) is 2.74. The van der Waals surface area contributed by atoms with Gasteiger partial charge in [-0.2, -0.15) is 0 Å². The highest BCUT2D eigenvalue weighted by atomic mass is 79.9. The van der Waals surface area contributed by atoms with Crippen LogP contribution in [0.25, 0.3) is 0 Å². The molecule has 0 amide bonds. The zero-order chi connectivity index (χ0) is 12.3. The van der Waals surface area contributed by atoms with Gasteiger partial charge in [0.05, 0.1) is 25.3 Å². The Hall–Kier alpha value is -0.740. The Morgan fingerprint density at radius 2 is 1.88 bits per heavy atom. The number of halogens is 1. The van der Waals surface area contributed by atoms with Gasteiger partial charge in [0.15, 0.2) is 11.5 Å². The molecule has 0 heterocycles. The number of ether oxygens (including phenoxy) is 2. The smallest absolute Gasteiger partial charge is 0.174 e. The Bertz CT molecular complexity index is 375. The number of benzene rings is 1. The fourth-order valence-electron chi connectivity index (χ4n) is 1.40. The summed E-state index contributed by atoms with van der Waals surface area (Å²) in [6, 6.07) is 3.83. The monoisotopic (exact) mass is 288 g/mol. The molecule has 0 aliphatic heterocycles. The third-order valence-corrected chi connectivity index (χ3v) is 3.20. The van der Waals surface area contributed by atoms with Crippen LogP contribution in [0.15, 0.2) is 16.6 Å². The summed E-state index contributed by atoms with van der Waals surface area (Å²) in [5.74, 6) is 1.33. The summed E-state index contributed by atoms with van der Waals surface area (Å²) < 4.78 is 11.3. The largest absolute Gasteiger partial charge is 0.493 e. The van der Waals surface area contributed by atoms with Crippen molar-refractivity contribution in [1.82, 2.24) is 0 Å². The lowest BCUT2D eigenvalue weighted by Gasteiger charge is -2.24. The van der Waals surface area contributed by atoms with Crippen molar-refractivity contribution in [3.05, 3.63) is 22.2 Å². The van der Waals surface area contributed by atoms with Crippen LogP contribution < -0.4 is 9.47 Å². The van der Waals surface area contributed by atoms with Crippen molar-refractivity contribution in [2.75, 3.05) is 20.8 Å². The predicted molar refractivity (Wildman–Crippen MR) is 67.4 cm³/mol. The maximum atomic E-state index is 9.34. The van der Waals surface area contributed by atoms with Crippen LogP contribution in [0.1, 0.15) is 19.4 Å². The summed E-state index contributed by atoms with van der Waals surface area (Å²) in [4.78, 5) is 0. The van der Waals surface area contributed by atoms with Crippen molar-refractivity contribution in [1.29, 1.82) is 0 Å². The fraction of sp³-hybridized carbons (Fsp3) is 0.500. The molecular weight excluding hydrogens is 272 g/mol. The molecule has 0 spiro atoms. The quantitative estimate of drug-likeness (QED) is 0.926. The topological polar surface area (TPSA) is 38.7 Å². The summed E-state index contributed by atoms with van der Waals surface area (Å²) in [7, 11) is 3.19. The van der Waals surface area contributed by atoms with E-state index in [1.807, 2.05) is 26.0 Å². The van der Waals surface area contributed by atoms with Crippen LogP contribution in [-0.2, 0) is 5.41 Å². The number of hydrogen-bond donors (Lipinski definition) is 1. The van der Waals surface area contributed by atoms with Crippen molar-refractivity contribution in [2.24, 2.45) is 0 Å². The first kappa shape index (κ1) is 13.3. The molecular formula is C12H17BrO3. The maximum absolute atomic E-state index is 9.34. The van der Waals surface area contributed by atoms with E-state index in [0.717, 1.165) is 10.0 Å². The van der Waals surface area contributed by atoms with Gasteiger partial charge >= 0.3 is 0 Å². The van der Waals surface area contributed by atoms with Gasteiger partial charge in [0.1, 0.15) is 0 Å². The van der Waals surface area contributed by atoms with Gasteiger partial charge in [-0.1, -0.05) is 13.8 Å². The third kappa shape index (κ3) is 2.50. The number of aliphatic hydroxyl groups excluding tert-OH is 1. The first-order valence-corrected chi connectivity index (χ1v) is 5.78. The van der Waals surface area contributed by atoms with Crippen molar-refractivity contribution < 1.29 is 14.6 Å². The molecule has 90 valence electrons. The minimum atomic E-state index is -0.304. The van der Waals surface area contributed by atoms with Crippen molar-refractivity contribution in [3.8, 4) is 11.5 Å². The molecule has 0 fully saturated rings. The van der Waals surface area contributed by atoms with Crippen molar-refractivity contribution >= 4 is 15.9 Å². The Kier molecular flexibility index (Phi) is 4.21. The van der Waals surface area contributed by atoms with Gasteiger partial charge in [-0.05, 0) is 33.6 Å². The van der Waals surface area contributed by atoms with Crippen LogP contribution >= 0.6 is 15.9 Å². The van der Waals surface area contributed by atoms with Gasteiger partial charge in [-0.15, -0.1) is 0 Å². The summed E-state index contributed by atoms with van der Waals surface area (Å²) >= 11 is 3.43. The molecule has 1 aromatic carbocycles. The lowest BCUT2D eigenvalue weighted by atomic mass is 9.85. The Balaban J connectivity index is 3.31. The van der Waals surface area contributed by atoms with E-state index >= 15 is 0 Å². The summed E-state index contributed by atoms with van der Waals surface area (Å²) in [5.41, 5.74) is 0.696. The zero-order valence-electron chi connectivity index (χ0n) is 10.0. The molecule has 1 N–H and O–H groups in total. The Morgan fingerprint density at radius 1 is 1.25 bits per heavy atom. The van der Waals surface area contributed by atoms with Gasteiger partial charge < -0.3 is 14.6 Å². The van der Waals surface area contributed by atoms with E-state index in [1.165, 1.54) is 0 Å². The Labute approximate surface area is 105 Å². The lowest BCUT2D eigenvalue weighted by Crippen LogP contribution is -2.22. The fourth-order valence-corrected chi connectivity index (χ4v) is 2.00. The number of aliphatic hydroxyl groups is 1. The molecule has 4 heteroatoms. The average Bonchev–Trinajstić information content (AvgIpc) is 2.27. The summed E-state index contributed by atoms with van der Waals surface area (Å²) in [6.07, 6.45) is 0. The standard InChI is InChI=1S/C12H17BrO3/c1-12(2,7-14)8-5-9(13)11(16-4)10(6-8)15-3/h5-6,14H,7H2,1-4H3. The second kappa shape index (κ2) is 5.06. The number of hydrogen-bond acceptors (Lipinski definition) is 3. The van der Waals surface area contributed by atoms with Crippen LogP contribution in [0.3, 0.4) is 0 Å². The number of methoxy groups -OCH3 is 2. The summed E-state index contributed by atoms with van der Waals surface area (Å²) in [6.45, 7) is 4.02. The zero-order valence-corrected chi connectivity index (χ0v) is 11.6. The molecule has 0 saturated carbocycles. The first-order chi connectivity index (χ1) is 7.46. The molecule has 1 rings (SSSR count). The van der Waals surface area contributed by atoms with Gasteiger partial charge in [0.2, 0.25) is 0 Å². The van der Waals surface area contributed by atoms with Crippen molar-refractivity contribution in [2.45, 2.75) is 19.3 Å². The first-order valence-electron chi connectivity index (χ1n) is 4.99. The minimum absolute atomic E-state index is 0.0783. The van der Waals surface area contributed by atoms with Crippen LogP contribution in [0, 0.1) is 0 Å². The lowest BCUT2D eigenvalue weighted by molar-refractivity contribution is 0.218. The van der Waals surface area contributed by atoms with Crippen molar-refractivity contribution in [3.63, 3.8) is 0 Å². The molecule has 1 aromatic rings. The molecule has 16 heavy (non-hydrogen) atoms. The van der Waals surface area contributed by atoms with E-state index in [2.05, 4.69) is 15.9 Å². The minimum Gasteiger partial charge on any atom is -0.493 e. The van der Waals surface area contributed by atoms with Gasteiger partial charge in [0.25, 0.3) is 0 Å². The second-order valence-electron chi connectivity index (χ2n) is 4.24. The maximum Gasteiger partial charge on any atom is 0.174 e. The molecule has 0 aliphatic rings. The van der Waals surface area contributed by atoms with Gasteiger partial charge in [0, 0.05) is 5.41 Å². The molecule has 0 unspecified atom stereocenters. The molecule has 3 nitrogen and oxygen atoms in total. The summed E-state index contributed by atoms with van der Waals surface area (Å²) in [5, 5.41) is 9.34. The molecule has 0 radical (unpaired) electrons. The molecule has 0 atom stereocenters. The van der Waals surface area contributed by atoms with Gasteiger partial charge in [-0.25, -0.2) is 0 Å². The van der Waals surface area contributed by atoms with E-state index in [1.54, 1.807) is 14.2 Å². The highest BCUT2D eigenvalue weighted by molar-refractivity contribution is 9.10. The van der Waals surface area contributed by atoms with Crippen LogP contribution in [0.2, 0.25) is 0 Å². The highest BCUT2D eigenvalue weighted by Crippen LogP contribution is 2.39. The molecule has 0 aliphatic carbocycles. The highest BCUT2D eigenvalue weighted by Gasteiger charge is 2.22. The van der Waals surface area contributed by atoms with Crippen LogP contribution in [-0.4, -0.2) is 25.9 Å². The average molecular weight is 289 g/mol. The van der Waals surface area contributed by atoms with E-state index in [-0.39, 0.29) is 12.0 Å². The number of rotatable bonds is 4. The Morgan fingerprint density at radius 3 is 2.31 bits per heavy atom. The van der Waals surface area contributed by atoms with Crippen LogP contribution in [0.4, 0.5) is 0 Å². The van der Waals surface area contributed by atoms with Gasteiger partial charge in [-0.3, -0.25) is 0 Å². The van der Waals surface area contributed by atoms with E-state index < -0.39 is 0 Å². The molecule has 0 saturated heterocycles. The van der Waals surface area contributed by atoms with Crippen LogP contribution in [0.5, 0.6) is 11.5 Å². The molecule has 0 aromatic heterocycles. The third-order valence-electron chi connectivity index (χ3n) is 2.61. The van der Waals surface area contributed by atoms with E-state index in [0.29, 0.717) is 11.5 Å². The van der Waals surface area contributed by atoms with E-state index in [4.69, 9.17) is 9.47 Å². The normalized spacial score (nSPS) is 11.4. The second-order valence-corrected chi connectivity index (χ2v) is 5.09. The molecule has 0 bridgehead atoms.